The van der Waals surface area contributed by atoms with Crippen LogP contribution in [0.1, 0.15) is 6.42 Å². The van der Waals surface area contributed by atoms with Crippen molar-refractivity contribution >= 4 is 11.5 Å². The minimum Gasteiger partial charge on any atom is -0.385 e. The zero-order valence-corrected chi connectivity index (χ0v) is 8.68. The van der Waals surface area contributed by atoms with Gasteiger partial charge in [0.2, 0.25) is 0 Å². The van der Waals surface area contributed by atoms with Crippen LogP contribution in [0.15, 0.2) is 24.5 Å². The highest BCUT2D eigenvalue weighted by molar-refractivity contribution is 5.43. The van der Waals surface area contributed by atoms with E-state index in [1.54, 1.807) is 17.8 Å². The molecule has 5 nitrogen and oxygen atoms in total. The smallest absolute Gasteiger partial charge is 0.153 e. The first-order valence-electron chi connectivity index (χ1n) is 4.93. The Hall–Kier alpha value is -1.62. The predicted molar refractivity (Wildman–Crippen MR) is 58.0 cm³/mol. The Morgan fingerprint density at radius 3 is 3.27 bits per heavy atom. The van der Waals surface area contributed by atoms with Gasteiger partial charge >= 0.3 is 0 Å². The zero-order chi connectivity index (χ0) is 10.5. The van der Waals surface area contributed by atoms with Crippen LogP contribution in [0.4, 0.5) is 5.82 Å². The molecule has 0 atom stereocenters. The lowest BCUT2D eigenvalue weighted by atomic mass is 10.4. The molecule has 0 saturated heterocycles. The first-order chi connectivity index (χ1) is 7.40. The van der Waals surface area contributed by atoms with Crippen molar-refractivity contribution in [2.45, 2.75) is 6.42 Å². The molecule has 0 aliphatic rings. The Morgan fingerprint density at radius 1 is 1.47 bits per heavy atom. The number of methoxy groups -OCH3 is 1. The van der Waals surface area contributed by atoms with E-state index in [2.05, 4.69) is 15.4 Å². The second-order valence-electron chi connectivity index (χ2n) is 3.22. The summed E-state index contributed by atoms with van der Waals surface area (Å²) in [6.07, 6.45) is 4.53. The van der Waals surface area contributed by atoms with Gasteiger partial charge in [0.15, 0.2) is 5.65 Å². The molecule has 1 N–H and O–H groups in total. The van der Waals surface area contributed by atoms with E-state index in [1.807, 2.05) is 18.3 Å². The van der Waals surface area contributed by atoms with E-state index in [4.69, 9.17) is 4.74 Å². The lowest BCUT2D eigenvalue weighted by Crippen LogP contribution is -2.07. The van der Waals surface area contributed by atoms with Crippen molar-refractivity contribution in [3.8, 4) is 0 Å². The first kappa shape index (κ1) is 9.92. The van der Waals surface area contributed by atoms with Crippen LogP contribution in [0.2, 0.25) is 0 Å². The maximum atomic E-state index is 4.96. The molecule has 2 aromatic heterocycles. The second-order valence-corrected chi connectivity index (χ2v) is 3.22. The number of aromatic nitrogens is 3. The van der Waals surface area contributed by atoms with Gasteiger partial charge in [-0.15, -0.1) is 5.10 Å². The second kappa shape index (κ2) is 4.75. The Morgan fingerprint density at radius 2 is 2.40 bits per heavy atom. The van der Waals surface area contributed by atoms with Gasteiger partial charge in [0, 0.05) is 32.7 Å². The van der Waals surface area contributed by atoms with Crippen LogP contribution < -0.4 is 5.32 Å². The fraction of sp³-hybridized carbons (Fsp3) is 0.400. The Kier molecular flexibility index (Phi) is 3.14. The molecule has 2 aromatic rings. The molecule has 0 radical (unpaired) electrons. The van der Waals surface area contributed by atoms with Crippen molar-refractivity contribution in [1.82, 2.24) is 14.6 Å². The van der Waals surface area contributed by atoms with Crippen molar-refractivity contribution in [3.63, 3.8) is 0 Å². The van der Waals surface area contributed by atoms with Gasteiger partial charge in [-0.25, -0.2) is 9.50 Å². The van der Waals surface area contributed by atoms with E-state index in [0.717, 1.165) is 31.0 Å². The van der Waals surface area contributed by atoms with E-state index in [0.29, 0.717) is 0 Å². The molecule has 0 amide bonds. The normalized spacial score (nSPS) is 10.7. The number of fused-ring (bicyclic) bond motifs is 1. The van der Waals surface area contributed by atoms with Crippen LogP contribution in [0.5, 0.6) is 0 Å². The van der Waals surface area contributed by atoms with Crippen LogP contribution in [-0.4, -0.2) is 34.9 Å². The standard InChI is InChI=1S/C10H14N4O/c1-15-8-2-5-11-9-3-4-10-12-6-7-14(10)13-9/h3-4,6-7H,2,5,8H2,1H3,(H,11,13). The topological polar surface area (TPSA) is 51.5 Å². The average Bonchev–Trinajstić information content (AvgIpc) is 2.71. The molecule has 2 heterocycles. The molecule has 0 aliphatic carbocycles. The molecular weight excluding hydrogens is 192 g/mol. The monoisotopic (exact) mass is 206 g/mol. The third-order valence-electron chi connectivity index (χ3n) is 2.09. The molecule has 5 heteroatoms. The summed E-state index contributed by atoms with van der Waals surface area (Å²) in [4.78, 5) is 4.12. The highest BCUT2D eigenvalue weighted by Gasteiger charge is 1.97. The van der Waals surface area contributed by atoms with Crippen molar-refractivity contribution in [2.24, 2.45) is 0 Å². The molecule has 0 aliphatic heterocycles. The summed E-state index contributed by atoms with van der Waals surface area (Å²) in [6, 6.07) is 3.86. The minimum absolute atomic E-state index is 0.764. The van der Waals surface area contributed by atoms with Gasteiger partial charge in [0.05, 0.1) is 0 Å². The molecule has 0 aromatic carbocycles. The van der Waals surface area contributed by atoms with Crippen LogP contribution in [0.3, 0.4) is 0 Å². The number of hydrogen-bond donors (Lipinski definition) is 1. The van der Waals surface area contributed by atoms with Crippen LogP contribution in [0, 0.1) is 0 Å². The lowest BCUT2D eigenvalue weighted by Gasteiger charge is -2.04. The summed E-state index contributed by atoms with van der Waals surface area (Å²) in [7, 11) is 1.70. The number of anilines is 1. The molecular formula is C10H14N4O. The summed E-state index contributed by atoms with van der Waals surface area (Å²) < 4.78 is 6.71. The van der Waals surface area contributed by atoms with E-state index >= 15 is 0 Å². The summed E-state index contributed by atoms with van der Waals surface area (Å²) in [6.45, 7) is 1.63. The molecule has 2 rings (SSSR count). The van der Waals surface area contributed by atoms with Crippen LogP contribution in [-0.2, 0) is 4.74 Å². The summed E-state index contributed by atoms with van der Waals surface area (Å²) in [5, 5.41) is 7.56. The maximum Gasteiger partial charge on any atom is 0.153 e. The molecule has 0 unspecified atom stereocenters. The van der Waals surface area contributed by atoms with Gasteiger partial charge in [-0.3, -0.25) is 0 Å². The van der Waals surface area contributed by atoms with E-state index in [-0.39, 0.29) is 0 Å². The van der Waals surface area contributed by atoms with Crippen molar-refractivity contribution in [3.05, 3.63) is 24.5 Å². The number of ether oxygens (including phenoxy) is 1. The Bertz CT molecular complexity index is 426. The Labute approximate surface area is 88.1 Å². The highest BCUT2D eigenvalue weighted by atomic mass is 16.5. The number of rotatable bonds is 5. The molecule has 0 bridgehead atoms. The lowest BCUT2D eigenvalue weighted by molar-refractivity contribution is 0.197. The van der Waals surface area contributed by atoms with E-state index in [9.17, 15) is 0 Å². The van der Waals surface area contributed by atoms with Gasteiger partial charge in [-0.2, -0.15) is 0 Å². The largest absolute Gasteiger partial charge is 0.385 e. The number of nitrogens with one attached hydrogen (secondary N) is 1. The third-order valence-corrected chi connectivity index (χ3v) is 2.09. The van der Waals surface area contributed by atoms with Gasteiger partial charge in [-0.1, -0.05) is 0 Å². The summed E-state index contributed by atoms with van der Waals surface area (Å²) >= 11 is 0. The van der Waals surface area contributed by atoms with Gasteiger partial charge < -0.3 is 10.1 Å². The first-order valence-corrected chi connectivity index (χ1v) is 4.93. The fourth-order valence-corrected chi connectivity index (χ4v) is 1.34. The quantitative estimate of drug-likeness (QED) is 0.746. The van der Waals surface area contributed by atoms with Gasteiger partial charge in [0.1, 0.15) is 5.82 Å². The Balaban J connectivity index is 1.96. The number of nitrogens with zero attached hydrogens (tertiary/aromatic N) is 3. The summed E-state index contributed by atoms with van der Waals surface area (Å²) in [5.41, 5.74) is 0.859. The van der Waals surface area contributed by atoms with Crippen LogP contribution >= 0.6 is 0 Å². The zero-order valence-electron chi connectivity index (χ0n) is 8.68. The minimum atomic E-state index is 0.764. The SMILES string of the molecule is COCCCNc1ccc2nccn2n1. The van der Waals surface area contributed by atoms with E-state index in [1.165, 1.54) is 0 Å². The van der Waals surface area contributed by atoms with E-state index < -0.39 is 0 Å². The average molecular weight is 206 g/mol. The molecule has 0 fully saturated rings. The highest BCUT2D eigenvalue weighted by Crippen LogP contribution is 2.04. The van der Waals surface area contributed by atoms with Gasteiger partial charge in [-0.05, 0) is 18.6 Å². The maximum absolute atomic E-state index is 4.96. The van der Waals surface area contributed by atoms with Crippen molar-refractivity contribution < 1.29 is 4.74 Å². The van der Waals surface area contributed by atoms with Crippen molar-refractivity contribution in [2.75, 3.05) is 25.6 Å². The fourth-order valence-electron chi connectivity index (χ4n) is 1.34. The molecule has 80 valence electrons. The molecule has 0 saturated carbocycles. The third kappa shape index (κ3) is 2.44. The molecule has 0 spiro atoms. The number of hydrogen-bond acceptors (Lipinski definition) is 4. The summed E-state index contributed by atoms with van der Waals surface area (Å²) in [5.74, 6) is 0.858. The number of imidazole rings is 1. The van der Waals surface area contributed by atoms with Crippen molar-refractivity contribution in [1.29, 1.82) is 0 Å². The van der Waals surface area contributed by atoms with Crippen LogP contribution in [0.25, 0.3) is 5.65 Å². The van der Waals surface area contributed by atoms with Gasteiger partial charge in [0.25, 0.3) is 0 Å². The molecule has 15 heavy (non-hydrogen) atoms. The predicted octanol–water partition coefficient (Wildman–Crippen LogP) is 1.18.